The number of carbonyl (C=O) groups excluding carboxylic acids is 1. The quantitative estimate of drug-likeness (QED) is 0.451. The molecule has 138 valence electrons. The van der Waals surface area contributed by atoms with Crippen LogP contribution in [0.3, 0.4) is 0 Å². The number of hydrogen-bond acceptors (Lipinski definition) is 3. The molecule has 2 aromatic carbocycles. The van der Waals surface area contributed by atoms with Crippen molar-refractivity contribution < 1.29 is 14.3 Å². The lowest BCUT2D eigenvalue weighted by Crippen LogP contribution is -2.10. The molecule has 1 saturated carbocycles. The fourth-order valence-corrected chi connectivity index (χ4v) is 3.75. The van der Waals surface area contributed by atoms with E-state index in [-0.39, 0.29) is 6.61 Å². The SMILES string of the molecule is O=C(OCCCc1ccccc1C1CCCCC1)OCc1ccccc1. The van der Waals surface area contributed by atoms with E-state index in [1.54, 1.807) is 0 Å². The normalized spacial score (nSPS) is 14.8. The Bertz CT molecular complexity index is 675. The van der Waals surface area contributed by atoms with E-state index in [0.717, 1.165) is 18.4 Å². The van der Waals surface area contributed by atoms with Gasteiger partial charge in [-0.25, -0.2) is 4.79 Å². The van der Waals surface area contributed by atoms with Crippen LogP contribution in [0.25, 0.3) is 0 Å². The Kier molecular flexibility index (Phi) is 7.12. The second-order valence-electron chi connectivity index (χ2n) is 7.01. The monoisotopic (exact) mass is 352 g/mol. The molecule has 3 rings (SSSR count). The van der Waals surface area contributed by atoms with Crippen LogP contribution < -0.4 is 0 Å². The standard InChI is InChI=1S/C23H28O3/c24-23(26-18-19-10-3-1-4-11-19)25-17-9-15-21-14-7-8-16-22(21)20-12-5-2-6-13-20/h1,3-4,7-8,10-11,14,16,20H,2,5-6,9,12-13,15,17-18H2. The molecule has 0 spiro atoms. The molecule has 1 aliphatic carbocycles. The van der Waals surface area contributed by atoms with E-state index >= 15 is 0 Å². The maximum absolute atomic E-state index is 11.7. The van der Waals surface area contributed by atoms with Gasteiger partial charge in [-0.15, -0.1) is 0 Å². The van der Waals surface area contributed by atoms with Gasteiger partial charge in [-0.3, -0.25) is 0 Å². The van der Waals surface area contributed by atoms with Crippen molar-refractivity contribution >= 4 is 6.16 Å². The van der Waals surface area contributed by atoms with Crippen LogP contribution in [0, 0.1) is 0 Å². The fourth-order valence-electron chi connectivity index (χ4n) is 3.75. The van der Waals surface area contributed by atoms with Crippen LogP contribution in [0.5, 0.6) is 0 Å². The molecule has 1 fully saturated rings. The maximum Gasteiger partial charge on any atom is 0.508 e. The molecule has 26 heavy (non-hydrogen) atoms. The minimum atomic E-state index is -0.589. The summed E-state index contributed by atoms with van der Waals surface area (Å²) in [6.45, 7) is 0.650. The Morgan fingerprint density at radius 1 is 0.885 bits per heavy atom. The molecular formula is C23H28O3. The second-order valence-corrected chi connectivity index (χ2v) is 7.01. The zero-order valence-corrected chi connectivity index (χ0v) is 15.4. The Morgan fingerprint density at radius 3 is 2.42 bits per heavy atom. The number of ether oxygens (including phenoxy) is 2. The highest BCUT2D eigenvalue weighted by molar-refractivity contribution is 5.59. The Balaban J connectivity index is 1.40. The molecule has 3 heteroatoms. The van der Waals surface area contributed by atoms with Crippen LogP contribution in [-0.2, 0) is 22.5 Å². The Hall–Kier alpha value is -2.29. The molecule has 3 nitrogen and oxygen atoms in total. The van der Waals surface area contributed by atoms with E-state index in [1.807, 2.05) is 30.3 Å². The molecule has 0 N–H and O–H groups in total. The van der Waals surface area contributed by atoms with E-state index in [4.69, 9.17) is 9.47 Å². The molecule has 1 aliphatic rings. The highest BCUT2D eigenvalue weighted by atomic mass is 16.7. The highest BCUT2D eigenvalue weighted by Gasteiger charge is 2.17. The zero-order valence-electron chi connectivity index (χ0n) is 15.4. The lowest BCUT2D eigenvalue weighted by molar-refractivity contribution is 0.0492. The lowest BCUT2D eigenvalue weighted by Gasteiger charge is -2.24. The summed E-state index contributed by atoms with van der Waals surface area (Å²) in [5, 5.41) is 0. The third-order valence-corrected chi connectivity index (χ3v) is 5.11. The average Bonchev–Trinajstić information content (AvgIpc) is 2.71. The fraction of sp³-hybridized carbons (Fsp3) is 0.435. The number of aryl methyl sites for hydroxylation is 1. The van der Waals surface area contributed by atoms with Gasteiger partial charge in [0, 0.05) is 0 Å². The first kappa shape index (κ1) is 18.5. The van der Waals surface area contributed by atoms with E-state index in [0.29, 0.717) is 12.5 Å². The predicted molar refractivity (Wildman–Crippen MR) is 103 cm³/mol. The lowest BCUT2D eigenvalue weighted by atomic mass is 9.81. The first-order valence-electron chi connectivity index (χ1n) is 9.74. The number of rotatable bonds is 7. The summed E-state index contributed by atoms with van der Waals surface area (Å²) < 4.78 is 10.3. The molecule has 0 atom stereocenters. The van der Waals surface area contributed by atoms with Crippen LogP contribution in [0.15, 0.2) is 54.6 Å². The molecule has 0 aliphatic heterocycles. The minimum Gasteiger partial charge on any atom is -0.434 e. The Labute approximate surface area is 156 Å². The largest absolute Gasteiger partial charge is 0.508 e. The maximum atomic E-state index is 11.7. The molecule has 0 aromatic heterocycles. The molecule has 0 amide bonds. The van der Waals surface area contributed by atoms with E-state index in [9.17, 15) is 4.79 Å². The molecular weight excluding hydrogens is 324 g/mol. The molecule has 0 saturated heterocycles. The van der Waals surface area contributed by atoms with Crippen molar-refractivity contribution in [1.29, 1.82) is 0 Å². The van der Waals surface area contributed by atoms with Crippen LogP contribution in [-0.4, -0.2) is 12.8 Å². The summed E-state index contributed by atoms with van der Waals surface area (Å²) in [5.41, 5.74) is 3.87. The second kappa shape index (κ2) is 10.0. The van der Waals surface area contributed by atoms with E-state index < -0.39 is 6.16 Å². The third kappa shape index (κ3) is 5.62. The van der Waals surface area contributed by atoms with Gasteiger partial charge in [-0.1, -0.05) is 73.9 Å². The summed E-state index contributed by atoms with van der Waals surface area (Å²) >= 11 is 0. The van der Waals surface area contributed by atoms with Crippen molar-refractivity contribution in [2.75, 3.05) is 6.61 Å². The van der Waals surface area contributed by atoms with Crippen molar-refractivity contribution in [2.45, 2.75) is 57.5 Å². The number of carbonyl (C=O) groups is 1. The van der Waals surface area contributed by atoms with Crippen molar-refractivity contribution in [1.82, 2.24) is 0 Å². The van der Waals surface area contributed by atoms with Crippen LogP contribution in [0.2, 0.25) is 0 Å². The molecule has 2 aromatic rings. The number of hydrogen-bond donors (Lipinski definition) is 0. The summed E-state index contributed by atoms with van der Waals surface area (Å²) in [5.74, 6) is 0.705. The molecule has 0 radical (unpaired) electrons. The molecule has 0 unspecified atom stereocenters. The van der Waals surface area contributed by atoms with Gasteiger partial charge in [0.05, 0.1) is 6.61 Å². The average molecular weight is 352 g/mol. The number of benzene rings is 2. The van der Waals surface area contributed by atoms with E-state index in [2.05, 4.69) is 24.3 Å². The predicted octanol–water partition coefficient (Wildman–Crippen LogP) is 6.02. The smallest absolute Gasteiger partial charge is 0.434 e. The van der Waals surface area contributed by atoms with Gasteiger partial charge >= 0.3 is 6.16 Å². The van der Waals surface area contributed by atoms with Crippen LogP contribution in [0.4, 0.5) is 4.79 Å². The first-order chi connectivity index (χ1) is 12.8. The van der Waals surface area contributed by atoms with Crippen molar-refractivity contribution in [2.24, 2.45) is 0 Å². The molecule has 0 heterocycles. The van der Waals surface area contributed by atoms with Gasteiger partial charge in [0.2, 0.25) is 0 Å². The third-order valence-electron chi connectivity index (χ3n) is 5.11. The summed E-state index contributed by atoms with van der Waals surface area (Å²) in [7, 11) is 0. The van der Waals surface area contributed by atoms with Crippen molar-refractivity contribution in [3.63, 3.8) is 0 Å². The van der Waals surface area contributed by atoms with Crippen molar-refractivity contribution in [3.8, 4) is 0 Å². The summed E-state index contributed by atoms with van der Waals surface area (Å²) in [6.07, 6.45) is 7.85. The van der Waals surface area contributed by atoms with Gasteiger partial charge < -0.3 is 9.47 Å². The zero-order chi connectivity index (χ0) is 18.0. The Morgan fingerprint density at radius 2 is 1.62 bits per heavy atom. The topological polar surface area (TPSA) is 35.5 Å². The van der Waals surface area contributed by atoms with Gasteiger partial charge in [-0.2, -0.15) is 0 Å². The van der Waals surface area contributed by atoms with Crippen LogP contribution in [0.1, 0.15) is 61.1 Å². The van der Waals surface area contributed by atoms with E-state index in [1.165, 1.54) is 43.2 Å². The minimum absolute atomic E-state index is 0.254. The molecule has 0 bridgehead atoms. The van der Waals surface area contributed by atoms with Gasteiger partial charge in [0.15, 0.2) is 0 Å². The highest BCUT2D eigenvalue weighted by Crippen LogP contribution is 2.34. The summed E-state index contributed by atoms with van der Waals surface area (Å²) in [6, 6.07) is 18.4. The van der Waals surface area contributed by atoms with Gasteiger partial charge in [-0.05, 0) is 48.3 Å². The van der Waals surface area contributed by atoms with Gasteiger partial charge in [0.1, 0.15) is 6.61 Å². The summed E-state index contributed by atoms with van der Waals surface area (Å²) in [4.78, 5) is 11.7. The van der Waals surface area contributed by atoms with Crippen molar-refractivity contribution in [3.05, 3.63) is 71.3 Å². The first-order valence-corrected chi connectivity index (χ1v) is 9.74. The van der Waals surface area contributed by atoms with Crippen LogP contribution >= 0.6 is 0 Å². The van der Waals surface area contributed by atoms with Gasteiger partial charge in [0.25, 0.3) is 0 Å².